The van der Waals surface area contributed by atoms with Gasteiger partial charge in [-0.15, -0.1) is 0 Å². The maximum Gasteiger partial charge on any atom is 0.505 e. The van der Waals surface area contributed by atoms with Gasteiger partial charge in [-0.2, -0.15) is 0 Å². The van der Waals surface area contributed by atoms with Crippen LogP contribution in [0.2, 0.25) is 0 Å². The van der Waals surface area contributed by atoms with E-state index in [2.05, 4.69) is 10.1 Å². The molecule has 0 heterocycles. The topological polar surface area (TPSA) is 58.6 Å². The van der Waals surface area contributed by atoms with E-state index in [4.69, 9.17) is 5.11 Å². The van der Waals surface area contributed by atoms with Crippen LogP contribution in [-0.2, 0) is 4.74 Å². The zero-order valence-corrected chi connectivity index (χ0v) is 6.96. The first-order valence-corrected chi connectivity index (χ1v) is 3.73. The third-order valence-corrected chi connectivity index (χ3v) is 1.59. The Labute approximate surface area is 66.5 Å². The number of carboxylic acid groups (broad SMARTS) is 1. The molecule has 0 aliphatic carbocycles. The summed E-state index contributed by atoms with van der Waals surface area (Å²) in [5, 5.41) is 11.2. The Balaban J connectivity index is 3.28. The molecule has 0 fully saturated rings. The monoisotopic (exact) mass is 161 g/mol. The minimum absolute atomic E-state index is 0.272. The minimum atomic E-state index is -1.20. The molecule has 0 amide bonds. The van der Waals surface area contributed by atoms with Crippen LogP contribution in [0.4, 0.5) is 4.79 Å². The highest BCUT2D eigenvalue weighted by atomic mass is 16.7. The number of carbonyl (C=O) groups is 1. The number of hydrogen-bond donors (Lipinski definition) is 2. The smallest absolute Gasteiger partial charge is 0.450 e. The van der Waals surface area contributed by atoms with Crippen molar-refractivity contribution in [3.05, 3.63) is 0 Å². The van der Waals surface area contributed by atoms with E-state index in [1.165, 1.54) is 0 Å². The molecule has 0 aliphatic rings. The van der Waals surface area contributed by atoms with Crippen molar-refractivity contribution in [2.45, 2.75) is 25.8 Å². The van der Waals surface area contributed by atoms with Crippen LogP contribution in [0.3, 0.4) is 0 Å². The van der Waals surface area contributed by atoms with Gasteiger partial charge in [0, 0.05) is 6.04 Å². The number of rotatable bonds is 5. The van der Waals surface area contributed by atoms with Gasteiger partial charge in [0.05, 0.1) is 6.61 Å². The van der Waals surface area contributed by atoms with Gasteiger partial charge in [0.15, 0.2) is 0 Å². The van der Waals surface area contributed by atoms with Crippen LogP contribution in [0.1, 0.15) is 19.8 Å². The molecule has 66 valence electrons. The Morgan fingerprint density at radius 1 is 1.73 bits per heavy atom. The average molecular weight is 161 g/mol. The Kier molecular flexibility index (Phi) is 5.56. The van der Waals surface area contributed by atoms with Crippen molar-refractivity contribution >= 4 is 6.16 Å². The molecule has 0 spiro atoms. The summed E-state index contributed by atoms with van der Waals surface area (Å²) in [5.74, 6) is 0. The lowest BCUT2D eigenvalue weighted by molar-refractivity contribution is 0.0880. The summed E-state index contributed by atoms with van der Waals surface area (Å²) >= 11 is 0. The van der Waals surface area contributed by atoms with E-state index in [1.54, 1.807) is 0 Å². The van der Waals surface area contributed by atoms with E-state index in [9.17, 15) is 4.79 Å². The largest absolute Gasteiger partial charge is 0.505 e. The van der Waals surface area contributed by atoms with Crippen LogP contribution in [0.5, 0.6) is 0 Å². The molecule has 0 saturated heterocycles. The zero-order valence-electron chi connectivity index (χ0n) is 6.96. The fraction of sp³-hybridized carbons (Fsp3) is 0.857. The molecule has 0 aromatic carbocycles. The molecule has 1 unspecified atom stereocenters. The van der Waals surface area contributed by atoms with E-state index < -0.39 is 6.16 Å². The lowest BCUT2D eigenvalue weighted by Gasteiger charge is -2.11. The molecule has 0 aromatic heterocycles. The first kappa shape index (κ1) is 10.2. The van der Waals surface area contributed by atoms with Crippen LogP contribution >= 0.6 is 0 Å². The summed E-state index contributed by atoms with van der Waals surface area (Å²) in [5.41, 5.74) is 0. The summed E-state index contributed by atoms with van der Waals surface area (Å²) in [6.45, 7) is 2.32. The second-order valence-electron chi connectivity index (χ2n) is 2.30. The first-order valence-electron chi connectivity index (χ1n) is 3.73. The van der Waals surface area contributed by atoms with Gasteiger partial charge in [0.2, 0.25) is 0 Å². The summed E-state index contributed by atoms with van der Waals surface area (Å²) in [4.78, 5) is 9.91. The molecule has 0 saturated carbocycles. The predicted molar refractivity (Wildman–Crippen MR) is 41.7 cm³/mol. The van der Waals surface area contributed by atoms with Crippen molar-refractivity contribution in [1.29, 1.82) is 0 Å². The molecule has 4 nitrogen and oxygen atoms in total. The molecule has 0 rings (SSSR count). The molecule has 0 bridgehead atoms. The lowest BCUT2D eigenvalue weighted by atomic mass is 10.2. The van der Waals surface area contributed by atoms with Gasteiger partial charge in [-0.3, -0.25) is 0 Å². The average Bonchev–Trinajstić information content (AvgIpc) is 1.98. The van der Waals surface area contributed by atoms with E-state index >= 15 is 0 Å². The maximum atomic E-state index is 9.91. The van der Waals surface area contributed by atoms with Crippen molar-refractivity contribution in [3.63, 3.8) is 0 Å². The van der Waals surface area contributed by atoms with Gasteiger partial charge in [-0.25, -0.2) is 4.79 Å². The van der Waals surface area contributed by atoms with E-state index in [0.29, 0.717) is 6.04 Å². The molecule has 0 aliphatic heterocycles. The number of ether oxygens (including phenoxy) is 1. The van der Waals surface area contributed by atoms with Gasteiger partial charge < -0.3 is 15.2 Å². The van der Waals surface area contributed by atoms with E-state index in [1.807, 2.05) is 14.0 Å². The molecule has 0 aromatic rings. The molecule has 0 radical (unpaired) electrons. The van der Waals surface area contributed by atoms with Gasteiger partial charge in [-0.1, -0.05) is 6.92 Å². The van der Waals surface area contributed by atoms with Crippen LogP contribution in [-0.4, -0.2) is 31.0 Å². The molecule has 11 heavy (non-hydrogen) atoms. The highest BCUT2D eigenvalue weighted by Crippen LogP contribution is 1.96. The third kappa shape index (κ3) is 5.66. The van der Waals surface area contributed by atoms with Crippen molar-refractivity contribution in [2.75, 3.05) is 13.7 Å². The quantitative estimate of drug-likeness (QED) is 0.592. The summed E-state index contributed by atoms with van der Waals surface area (Å²) in [6, 6.07) is 0.356. The minimum Gasteiger partial charge on any atom is -0.450 e. The van der Waals surface area contributed by atoms with E-state index in [-0.39, 0.29) is 6.61 Å². The highest BCUT2D eigenvalue weighted by molar-refractivity contribution is 5.56. The second-order valence-corrected chi connectivity index (χ2v) is 2.30. The Bertz CT molecular complexity index is 112. The zero-order chi connectivity index (χ0) is 8.69. The Morgan fingerprint density at radius 2 is 2.36 bits per heavy atom. The van der Waals surface area contributed by atoms with Crippen LogP contribution < -0.4 is 5.32 Å². The molecule has 4 heteroatoms. The number of hydrogen-bond acceptors (Lipinski definition) is 3. The van der Waals surface area contributed by atoms with Crippen molar-refractivity contribution < 1.29 is 14.6 Å². The van der Waals surface area contributed by atoms with Gasteiger partial charge in [0.25, 0.3) is 0 Å². The summed E-state index contributed by atoms with van der Waals surface area (Å²) < 4.78 is 4.35. The summed E-state index contributed by atoms with van der Waals surface area (Å²) in [6.07, 6.45) is 0.523. The standard InChI is InChI=1S/C7H15NO3/c1-3-6(8-2)4-5-11-7(9)10/h6,8H,3-5H2,1-2H3,(H,9,10). The van der Waals surface area contributed by atoms with Crippen LogP contribution in [0.15, 0.2) is 0 Å². The fourth-order valence-electron chi connectivity index (χ4n) is 0.841. The summed E-state index contributed by atoms with van der Waals surface area (Å²) in [7, 11) is 1.86. The third-order valence-electron chi connectivity index (χ3n) is 1.59. The second kappa shape index (κ2) is 5.97. The predicted octanol–water partition coefficient (Wildman–Crippen LogP) is 1.07. The normalized spacial score (nSPS) is 12.5. The highest BCUT2D eigenvalue weighted by Gasteiger charge is 2.03. The fourth-order valence-corrected chi connectivity index (χ4v) is 0.841. The van der Waals surface area contributed by atoms with Gasteiger partial charge >= 0.3 is 6.16 Å². The first-order chi connectivity index (χ1) is 5.20. The van der Waals surface area contributed by atoms with Crippen molar-refractivity contribution in [3.8, 4) is 0 Å². The molecule has 2 N–H and O–H groups in total. The van der Waals surface area contributed by atoms with Gasteiger partial charge in [0.1, 0.15) is 0 Å². The number of nitrogens with one attached hydrogen (secondary N) is 1. The van der Waals surface area contributed by atoms with Crippen LogP contribution in [0.25, 0.3) is 0 Å². The molecule has 1 atom stereocenters. The van der Waals surface area contributed by atoms with Crippen molar-refractivity contribution in [1.82, 2.24) is 5.32 Å². The van der Waals surface area contributed by atoms with Gasteiger partial charge in [-0.05, 0) is 19.9 Å². The maximum absolute atomic E-state index is 9.91. The van der Waals surface area contributed by atoms with E-state index in [0.717, 1.165) is 12.8 Å². The lowest BCUT2D eigenvalue weighted by Crippen LogP contribution is -2.26. The molecular formula is C7H15NO3. The van der Waals surface area contributed by atoms with Crippen molar-refractivity contribution in [2.24, 2.45) is 0 Å². The van der Waals surface area contributed by atoms with Crippen LogP contribution in [0, 0.1) is 0 Å². The Morgan fingerprint density at radius 3 is 2.73 bits per heavy atom. The Hall–Kier alpha value is -0.770. The molecular weight excluding hydrogens is 146 g/mol. The SMILES string of the molecule is CCC(CCOC(=O)O)NC.